The smallest absolute Gasteiger partial charge is 0.306 e. The molecule has 3 nitrogen and oxygen atoms in total. The zero-order valence-electron chi connectivity index (χ0n) is 8.98. The van der Waals surface area contributed by atoms with Gasteiger partial charge in [-0.1, -0.05) is 13.3 Å². The van der Waals surface area contributed by atoms with E-state index < -0.39 is 5.97 Å². The van der Waals surface area contributed by atoms with Crippen LogP contribution in [0.25, 0.3) is 0 Å². The lowest BCUT2D eigenvalue weighted by atomic mass is 9.86. The SMILES string of the molecule is CCCC1=NC2CCC(C(=O)O)CC2S1. The first-order valence-corrected chi connectivity index (χ1v) is 6.54. The largest absolute Gasteiger partial charge is 0.481 e. The van der Waals surface area contributed by atoms with Crippen molar-refractivity contribution >= 4 is 22.8 Å². The first-order valence-electron chi connectivity index (χ1n) is 5.67. The van der Waals surface area contributed by atoms with Gasteiger partial charge in [0, 0.05) is 5.25 Å². The summed E-state index contributed by atoms with van der Waals surface area (Å²) in [5.74, 6) is -0.757. The summed E-state index contributed by atoms with van der Waals surface area (Å²) in [5, 5.41) is 10.7. The zero-order valence-corrected chi connectivity index (χ0v) is 9.80. The molecule has 1 N–H and O–H groups in total. The minimum absolute atomic E-state index is 0.130. The fraction of sp³-hybridized carbons (Fsp3) is 0.818. The summed E-state index contributed by atoms with van der Waals surface area (Å²) in [7, 11) is 0. The molecule has 0 aromatic carbocycles. The normalized spacial score (nSPS) is 34.7. The van der Waals surface area contributed by atoms with E-state index in [-0.39, 0.29) is 5.92 Å². The van der Waals surface area contributed by atoms with Crippen molar-refractivity contribution in [3.63, 3.8) is 0 Å². The predicted octanol–water partition coefficient (Wildman–Crippen LogP) is 2.55. The minimum Gasteiger partial charge on any atom is -0.481 e. The van der Waals surface area contributed by atoms with Crippen molar-refractivity contribution in [3.8, 4) is 0 Å². The fourth-order valence-electron chi connectivity index (χ4n) is 2.34. The van der Waals surface area contributed by atoms with E-state index in [4.69, 9.17) is 5.11 Å². The number of carbonyl (C=O) groups is 1. The molecule has 15 heavy (non-hydrogen) atoms. The van der Waals surface area contributed by atoms with Gasteiger partial charge >= 0.3 is 5.97 Å². The van der Waals surface area contributed by atoms with Crippen molar-refractivity contribution in [2.24, 2.45) is 10.9 Å². The van der Waals surface area contributed by atoms with Crippen LogP contribution in [0, 0.1) is 5.92 Å². The van der Waals surface area contributed by atoms with E-state index in [0.29, 0.717) is 11.3 Å². The maximum Gasteiger partial charge on any atom is 0.306 e. The molecule has 0 bridgehead atoms. The molecule has 3 unspecified atom stereocenters. The third kappa shape index (κ3) is 2.36. The Bertz CT molecular complexity index is 290. The van der Waals surface area contributed by atoms with Crippen molar-refractivity contribution in [1.29, 1.82) is 0 Å². The molecular weight excluding hydrogens is 210 g/mol. The van der Waals surface area contributed by atoms with Gasteiger partial charge in [0.2, 0.25) is 0 Å². The average Bonchev–Trinajstić information content (AvgIpc) is 2.59. The summed E-state index contributed by atoms with van der Waals surface area (Å²) in [6.07, 6.45) is 4.77. The van der Waals surface area contributed by atoms with Crippen LogP contribution in [0.1, 0.15) is 39.0 Å². The van der Waals surface area contributed by atoms with Crippen LogP contribution in [0.2, 0.25) is 0 Å². The third-order valence-electron chi connectivity index (χ3n) is 3.17. The molecule has 1 aliphatic carbocycles. The van der Waals surface area contributed by atoms with Crippen LogP contribution in [0.4, 0.5) is 0 Å². The van der Waals surface area contributed by atoms with Gasteiger partial charge in [0.25, 0.3) is 0 Å². The molecule has 4 heteroatoms. The summed E-state index contributed by atoms with van der Waals surface area (Å²) in [4.78, 5) is 15.6. The Kier molecular flexibility index (Phi) is 3.34. The highest BCUT2D eigenvalue weighted by Gasteiger charge is 2.38. The number of carboxylic acids is 1. The molecule has 0 amide bonds. The number of carboxylic acid groups (broad SMARTS) is 1. The molecule has 2 aliphatic rings. The molecule has 1 aliphatic heterocycles. The van der Waals surface area contributed by atoms with Crippen LogP contribution in [0.5, 0.6) is 0 Å². The number of nitrogens with zero attached hydrogens (tertiary/aromatic N) is 1. The maximum absolute atomic E-state index is 10.9. The van der Waals surface area contributed by atoms with Crippen molar-refractivity contribution in [2.45, 2.75) is 50.3 Å². The van der Waals surface area contributed by atoms with Crippen molar-refractivity contribution in [3.05, 3.63) is 0 Å². The molecule has 0 spiro atoms. The first kappa shape index (κ1) is 11.0. The Balaban J connectivity index is 1.94. The van der Waals surface area contributed by atoms with E-state index >= 15 is 0 Å². The van der Waals surface area contributed by atoms with Gasteiger partial charge in [-0.2, -0.15) is 0 Å². The third-order valence-corrected chi connectivity index (χ3v) is 4.56. The zero-order chi connectivity index (χ0) is 10.8. The molecule has 0 radical (unpaired) electrons. The summed E-state index contributed by atoms with van der Waals surface area (Å²) >= 11 is 1.83. The molecule has 0 aromatic heterocycles. The van der Waals surface area contributed by atoms with Gasteiger partial charge in [-0.25, -0.2) is 0 Å². The number of aliphatic imine (C=N–C) groups is 1. The highest BCUT2D eigenvalue weighted by atomic mass is 32.2. The van der Waals surface area contributed by atoms with Crippen LogP contribution in [0.3, 0.4) is 0 Å². The molecule has 1 fully saturated rings. The van der Waals surface area contributed by atoms with Crippen molar-refractivity contribution in [2.75, 3.05) is 0 Å². The standard InChI is InChI=1S/C11H17NO2S/c1-2-3-10-12-8-5-4-7(11(13)14)6-9(8)15-10/h7-9H,2-6H2,1H3,(H,13,14). The topological polar surface area (TPSA) is 49.7 Å². The van der Waals surface area contributed by atoms with Crippen molar-refractivity contribution in [1.82, 2.24) is 0 Å². The van der Waals surface area contributed by atoms with E-state index in [2.05, 4.69) is 11.9 Å². The van der Waals surface area contributed by atoms with E-state index in [1.165, 1.54) is 5.04 Å². The lowest BCUT2D eigenvalue weighted by molar-refractivity contribution is -0.142. The van der Waals surface area contributed by atoms with Crippen LogP contribution >= 0.6 is 11.8 Å². The molecule has 84 valence electrons. The number of fused-ring (bicyclic) bond motifs is 1. The summed E-state index contributed by atoms with van der Waals surface area (Å²) in [6, 6.07) is 0.409. The van der Waals surface area contributed by atoms with Gasteiger partial charge in [-0.05, 0) is 25.7 Å². The second-order valence-electron chi connectivity index (χ2n) is 4.34. The van der Waals surface area contributed by atoms with Crippen LogP contribution in [-0.4, -0.2) is 27.4 Å². The van der Waals surface area contributed by atoms with Crippen LogP contribution in [0.15, 0.2) is 4.99 Å². The lowest BCUT2D eigenvalue weighted by Crippen LogP contribution is -2.31. The maximum atomic E-state index is 10.9. The summed E-state index contributed by atoms with van der Waals surface area (Å²) < 4.78 is 0. The minimum atomic E-state index is -0.627. The summed E-state index contributed by atoms with van der Waals surface area (Å²) in [6.45, 7) is 2.16. The average molecular weight is 227 g/mol. The van der Waals surface area contributed by atoms with Gasteiger partial charge in [0.1, 0.15) is 0 Å². The van der Waals surface area contributed by atoms with Gasteiger partial charge in [0.05, 0.1) is 17.0 Å². The van der Waals surface area contributed by atoms with E-state index in [0.717, 1.165) is 32.1 Å². The number of hydrogen-bond acceptors (Lipinski definition) is 3. The molecule has 2 rings (SSSR count). The first-order chi connectivity index (χ1) is 7.20. The quantitative estimate of drug-likeness (QED) is 0.806. The van der Waals surface area contributed by atoms with Crippen molar-refractivity contribution < 1.29 is 9.90 Å². The van der Waals surface area contributed by atoms with Gasteiger partial charge in [-0.3, -0.25) is 9.79 Å². The van der Waals surface area contributed by atoms with Gasteiger partial charge < -0.3 is 5.11 Å². The number of aliphatic carboxylic acids is 1. The Morgan fingerprint density at radius 2 is 2.40 bits per heavy atom. The van der Waals surface area contributed by atoms with Gasteiger partial charge in [0.15, 0.2) is 0 Å². The second-order valence-corrected chi connectivity index (χ2v) is 5.66. The second kappa shape index (κ2) is 4.56. The van der Waals surface area contributed by atoms with Crippen LogP contribution < -0.4 is 0 Å². The summed E-state index contributed by atoms with van der Waals surface area (Å²) in [5.41, 5.74) is 0. The molecule has 3 atom stereocenters. The van der Waals surface area contributed by atoms with E-state index in [1.54, 1.807) is 0 Å². The highest BCUT2D eigenvalue weighted by molar-refractivity contribution is 8.14. The Labute approximate surface area is 94.4 Å². The molecule has 0 saturated heterocycles. The Morgan fingerprint density at radius 3 is 3.07 bits per heavy atom. The Hall–Kier alpha value is -0.510. The van der Waals surface area contributed by atoms with E-state index in [1.807, 2.05) is 11.8 Å². The fourth-order valence-corrected chi connectivity index (χ4v) is 3.89. The number of thioether (sulfide) groups is 1. The Morgan fingerprint density at radius 1 is 1.60 bits per heavy atom. The van der Waals surface area contributed by atoms with Crippen LogP contribution in [-0.2, 0) is 4.79 Å². The van der Waals surface area contributed by atoms with Gasteiger partial charge in [-0.15, -0.1) is 11.8 Å². The molecule has 0 aromatic rings. The number of hydrogen-bond donors (Lipinski definition) is 1. The molecule has 1 heterocycles. The molecule has 1 saturated carbocycles. The highest BCUT2D eigenvalue weighted by Crippen LogP contribution is 2.40. The monoisotopic (exact) mass is 227 g/mol. The predicted molar refractivity (Wildman–Crippen MR) is 62.5 cm³/mol. The van der Waals surface area contributed by atoms with E-state index in [9.17, 15) is 4.79 Å². The molecular formula is C11H17NO2S. The lowest BCUT2D eigenvalue weighted by Gasteiger charge is -2.27. The number of rotatable bonds is 3.